The van der Waals surface area contributed by atoms with Crippen molar-refractivity contribution in [2.45, 2.75) is 4.90 Å². The first-order valence-electron chi connectivity index (χ1n) is 7.83. The number of amides is 1. The number of aromatic nitrogens is 1. The Balaban J connectivity index is 1.80. The number of benzene rings is 2. The van der Waals surface area contributed by atoms with Gasteiger partial charge in [0.2, 0.25) is 15.9 Å². The normalized spacial score (nSPS) is 11.7. The first kappa shape index (κ1) is 19.6. The number of anilines is 1. The number of nitrogens with zero attached hydrogens (tertiary/aromatic N) is 2. The van der Waals surface area contributed by atoms with Gasteiger partial charge in [0, 0.05) is 35.9 Å². The molecule has 0 unspecified atom stereocenters. The number of carbonyl (C=O) groups excluding carboxylic acids is 1. The number of hydrogen-bond acceptors (Lipinski definition) is 4. The second-order valence-electron chi connectivity index (χ2n) is 5.79. The Morgan fingerprint density at radius 3 is 2.67 bits per heavy atom. The van der Waals surface area contributed by atoms with Crippen molar-refractivity contribution in [1.82, 2.24) is 9.29 Å². The van der Waals surface area contributed by atoms with Gasteiger partial charge in [0.15, 0.2) is 0 Å². The van der Waals surface area contributed by atoms with E-state index in [4.69, 9.17) is 23.2 Å². The number of carbonyl (C=O) groups is 1. The fourth-order valence-corrected chi connectivity index (χ4v) is 4.18. The van der Waals surface area contributed by atoms with Crippen LogP contribution in [0.5, 0.6) is 0 Å². The Labute approximate surface area is 166 Å². The average Bonchev–Trinajstić information content (AvgIpc) is 2.64. The molecule has 1 aromatic heterocycles. The van der Waals surface area contributed by atoms with Crippen LogP contribution in [0.4, 0.5) is 5.69 Å². The van der Waals surface area contributed by atoms with Crippen LogP contribution < -0.4 is 5.32 Å². The van der Waals surface area contributed by atoms with E-state index >= 15 is 0 Å². The van der Waals surface area contributed by atoms with Gasteiger partial charge in [0.1, 0.15) is 0 Å². The average molecular weight is 424 g/mol. The standard InChI is InChI=1S/C18H15Cl2N3O3S/c1-23(11-18(24)22-13-5-6-15(19)16(20)9-13)27(25,26)17-4-2-3-12-10-21-8-7-14(12)17/h2-10H,11H2,1H3,(H,22,24). The summed E-state index contributed by atoms with van der Waals surface area (Å²) in [5, 5.41) is 4.50. The second-order valence-corrected chi connectivity index (χ2v) is 8.62. The summed E-state index contributed by atoms with van der Waals surface area (Å²) >= 11 is 11.8. The van der Waals surface area contributed by atoms with Crippen molar-refractivity contribution < 1.29 is 13.2 Å². The van der Waals surface area contributed by atoms with Crippen LogP contribution in [0, 0.1) is 0 Å². The first-order valence-corrected chi connectivity index (χ1v) is 10.0. The van der Waals surface area contributed by atoms with Gasteiger partial charge in [-0.2, -0.15) is 4.31 Å². The third-order valence-corrected chi connectivity index (χ3v) is 6.50. The highest BCUT2D eigenvalue weighted by Crippen LogP contribution is 2.26. The van der Waals surface area contributed by atoms with Crippen LogP contribution in [0.2, 0.25) is 10.0 Å². The maximum absolute atomic E-state index is 12.9. The maximum Gasteiger partial charge on any atom is 0.243 e. The lowest BCUT2D eigenvalue weighted by atomic mass is 10.2. The monoisotopic (exact) mass is 423 g/mol. The van der Waals surface area contributed by atoms with Crippen molar-refractivity contribution in [3.05, 3.63) is 64.9 Å². The summed E-state index contributed by atoms with van der Waals surface area (Å²) < 4.78 is 26.8. The van der Waals surface area contributed by atoms with E-state index in [0.717, 1.165) is 4.31 Å². The number of likely N-dealkylation sites (N-methyl/N-ethyl adjacent to an activating group) is 1. The quantitative estimate of drug-likeness (QED) is 0.676. The lowest BCUT2D eigenvalue weighted by Crippen LogP contribution is -2.35. The Hall–Kier alpha value is -2.19. The minimum absolute atomic E-state index is 0.118. The minimum Gasteiger partial charge on any atom is -0.325 e. The molecule has 3 aromatic rings. The van der Waals surface area contributed by atoms with Crippen molar-refractivity contribution in [2.75, 3.05) is 18.9 Å². The van der Waals surface area contributed by atoms with Crippen molar-refractivity contribution in [3.8, 4) is 0 Å². The predicted octanol–water partition coefficient (Wildman–Crippen LogP) is 3.80. The minimum atomic E-state index is -3.87. The molecule has 0 aliphatic carbocycles. The van der Waals surface area contributed by atoms with Crippen LogP contribution in [0.1, 0.15) is 0 Å². The molecule has 1 amide bonds. The van der Waals surface area contributed by atoms with Gasteiger partial charge in [-0.15, -0.1) is 0 Å². The number of halogens is 2. The van der Waals surface area contributed by atoms with Crippen molar-refractivity contribution in [1.29, 1.82) is 0 Å². The zero-order valence-corrected chi connectivity index (χ0v) is 16.5. The topological polar surface area (TPSA) is 79.4 Å². The van der Waals surface area contributed by atoms with Crippen LogP contribution in [0.25, 0.3) is 10.8 Å². The summed E-state index contributed by atoms with van der Waals surface area (Å²) in [5.74, 6) is -0.499. The Bertz CT molecular complexity index is 1110. The lowest BCUT2D eigenvalue weighted by Gasteiger charge is -2.18. The molecule has 0 atom stereocenters. The molecule has 2 aromatic carbocycles. The van der Waals surface area contributed by atoms with E-state index in [1.807, 2.05) is 0 Å². The van der Waals surface area contributed by atoms with E-state index in [1.54, 1.807) is 36.5 Å². The molecular formula is C18H15Cl2N3O3S. The number of nitrogens with one attached hydrogen (secondary N) is 1. The van der Waals surface area contributed by atoms with E-state index in [9.17, 15) is 13.2 Å². The van der Waals surface area contributed by atoms with E-state index < -0.39 is 15.9 Å². The van der Waals surface area contributed by atoms with E-state index in [-0.39, 0.29) is 11.4 Å². The summed E-state index contributed by atoms with van der Waals surface area (Å²) in [6, 6.07) is 11.2. The van der Waals surface area contributed by atoms with Crippen molar-refractivity contribution >= 4 is 55.6 Å². The molecule has 0 aliphatic rings. The first-order chi connectivity index (χ1) is 12.8. The maximum atomic E-state index is 12.9. The van der Waals surface area contributed by atoms with Gasteiger partial charge in [-0.25, -0.2) is 8.42 Å². The van der Waals surface area contributed by atoms with E-state index in [0.29, 0.717) is 26.5 Å². The molecule has 0 radical (unpaired) electrons. The zero-order valence-electron chi connectivity index (χ0n) is 14.2. The number of rotatable bonds is 5. The Morgan fingerprint density at radius 1 is 1.15 bits per heavy atom. The number of hydrogen-bond donors (Lipinski definition) is 1. The molecule has 0 spiro atoms. The second kappa shape index (κ2) is 7.82. The van der Waals surface area contributed by atoms with Crippen LogP contribution in [0.3, 0.4) is 0 Å². The van der Waals surface area contributed by atoms with Crippen molar-refractivity contribution in [3.63, 3.8) is 0 Å². The van der Waals surface area contributed by atoms with Gasteiger partial charge in [0.25, 0.3) is 0 Å². The molecule has 1 N–H and O–H groups in total. The number of pyridine rings is 1. The van der Waals surface area contributed by atoms with Gasteiger partial charge in [-0.3, -0.25) is 9.78 Å². The molecule has 1 heterocycles. The molecule has 0 fully saturated rings. The highest BCUT2D eigenvalue weighted by Gasteiger charge is 2.25. The predicted molar refractivity (Wildman–Crippen MR) is 107 cm³/mol. The van der Waals surface area contributed by atoms with Gasteiger partial charge >= 0.3 is 0 Å². The third-order valence-electron chi connectivity index (χ3n) is 3.90. The fourth-order valence-electron chi connectivity index (χ4n) is 2.55. The zero-order chi connectivity index (χ0) is 19.6. The molecule has 0 bridgehead atoms. The molecule has 140 valence electrons. The molecule has 0 aliphatic heterocycles. The Morgan fingerprint density at radius 2 is 1.93 bits per heavy atom. The highest BCUT2D eigenvalue weighted by atomic mass is 35.5. The van der Waals surface area contributed by atoms with Crippen molar-refractivity contribution in [2.24, 2.45) is 0 Å². The Kier molecular flexibility index (Phi) is 5.67. The van der Waals surface area contributed by atoms with E-state index in [1.165, 1.54) is 25.4 Å². The third kappa shape index (κ3) is 4.22. The summed E-state index contributed by atoms with van der Waals surface area (Å²) in [7, 11) is -2.52. The summed E-state index contributed by atoms with van der Waals surface area (Å²) in [4.78, 5) is 16.4. The van der Waals surface area contributed by atoms with Gasteiger partial charge in [0.05, 0.1) is 21.5 Å². The largest absolute Gasteiger partial charge is 0.325 e. The van der Waals surface area contributed by atoms with Gasteiger partial charge in [-0.05, 0) is 30.3 Å². The van der Waals surface area contributed by atoms with Gasteiger partial charge in [-0.1, -0.05) is 35.3 Å². The molecular weight excluding hydrogens is 409 g/mol. The molecule has 3 rings (SSSR count). The summed E-state index contributed by atoms with van der Waals surface area (Å²) in [6.45, 7) is -0.357. The lowest BCUT2D eigenvalue weighted by molar-refractivity contribution is -0.116. The molecule has 0 saturated carbocycles. The molecule has 27 heavy (non-hydrogen) atoms. The molecule has 6 nitrogen and oxygen atoms in total. The molecule has 9 heteroatoms. The summed E-state index contributed by atoms with van der Waals surface area (Å²) in [6.07, 6.45) is 3.11. The smallest absolute Gasteiger partial charge is 0.243 e. The van der Waals surface area contributed by atoms with Crippen LogP contribution in [-0.4, -0.2) is 37.2 Å². The van der Waals surface area contributed by atoms with Gasteiger partial charge < -0.3 is 5.32 Å². The summed E-state index contributed by atoms with van der Waals surface area (Å²) in [5.41, 5.74) is 0.427. The molecule has 0 saturated heterocycles. The van der Waals surface area contributed by atoms with Crippen LogP contribution in [0.15, 0.2) is 59.8 Å². The van der Waals surface area contributed by atoms with E-state index in [2.05, 4.69) is 10.3 Å². The van der Waals surface area contributed by atoms with Crippen LogP contribution in [-0.2, 0) is 14.8 Å². The number of fused-ring (bicyclic) bond motifs is 1. The fraction of sp³-hybridized carbons (Fsp3) is 0.111. The SMILES string of the molecule is CN(CC(=O)Nc1ccc(Cl)c(Cl)c1)S(=O)(=O)c1cccc2cnccc12. The number of sulfonamides is 1. The van der Waals surface area contributed by atoms with Crippen LogP contribution >= 0.6 is 23.2 Å². The highest BCUT2D eigenvalue weighted by molar-refractivity contribution is 7.89.